The van der Waals surface area contributed by atoms with Crippen molar-refractivity contribution in [2.45, 2.75) is 56.4 Å². The Morgan fingerprint density at radius 2 is 1.32 bits per heavy atom. The number of amides is 1. The van der Waals surface area contributed by atoms with Gasteiger partial charge in [-0.3, -0.25) is 4.79 Å². The van der Waals surface area contributed by atoms with E-state index >= 15 is 0 Å². The van der Waals surface area contributed by atoms with Gasteiger partial charge in [0.25, 0.3) is 0 Å². The summed E-state index contributed by atoms with van der Waals surface area (Å²) < 4.78 is 123. The Balaban J connectivity index is 3.03. The van der Waals surface area contributed by atoms with Crippen LogP contribution in [0.2, 0.25) is 0 Å². The molecule has 0 spiro atoms. The molecule has 4 atom stereocenters. The van der Waals surface area contributed by atoms with Crippen molar-refractivity contribution in [3.63, 3.8) is 0 Å². The first kappa shape index (κ1) is 23.8. The van der Waals surface area contributed by atoms with Crippen LogP contribution in [0.1, 0.15) is 13.3 Å². The molecule has 1 aliphatic rings. The van der Waals surface area contributed by atoms with Crippen LogP contribution in [0.5, 0.6) is 0 Å². The lowest BCUT2D eigenvalue weighted by atomic mass is 9.99. The minimum absolute atomic E-state index is 0.814. The molecule has 0 saturated carbocycles. The summed E-state index contributed by atoms with van der Waals surface area (Å²) in [4.78, 5) is 32.7. The largest absolute Gasteiger partial charge is 0.491 e. The third kappa shape index (κ3) is 6.42. The normalized spacial score (nSPS) is 26.4. The highest BCUT2D eigenvalue weighted by Crippen LogP contribution is 2.29. The van der Waals surface area contributed by atoms with Crippen LogP contribution >= 0.6 is 0 Å². The van der Waals surface area contributed by atoms with Crippen molar-refractivity contribution < 1.29 is 68.1 Å². The maximum absolute atomic E-state index is 12.4. The zero-order valence-electron chi connectivity index (χ0n) is 13.4. The molecule has 0 aromatic rings. The predicted octanol–water partition coefficient (Wildman–Crippen LogP) is 1.75. The number of alkyl halides is 9. The second kappa shape index (κ2) is 8.00. The first-order valence-electron chi connectivity index (χ1n) is 7.01. The van der Waals surface area contributed by atoms with Crippen molar-refractivity contribution in [1.82, 2.24) is 5.32 Å². The van der Waals surface area contributed by atoms with Gasteiger partial charge in [0, 0.05) is 6.42 Å². The Bertz CT molecular complexity index is 614. The topological polar surface area (TPSA) is 90.9 Å². The standard InChI is InChI=1S/C12H10F9NO6/c1-3-6(28-9(25)12(19,20)21)4(22-7(23)10(13,14)15)2-5(26-3)27-8(24)11(16,17)18/h3-6H,2H2,1H3,(H,22,23). The van der Waals surface area contributed by atoms with Crippen LogP contribution < -0.4 is 5.32 Å². The third-order valence-corrected chi connectivity index (χ3v) is 3.19. The van der Waals surface area contributed by atoms with E-state index in [2.05, 4.69) is 14.2 Å². The van der Waals surface area contributed by atoms with Crippen LogP contribution in [-0.2, 0) is 28.6 Å². The Morgan fingerprint density at radius 3 is 1.75 bits per heavy atom. The molecule has 1 N–H and O–H groups in total. The summed E-state index contributed by atoms with van der Waals surface area (Å²) >= 11 is 0. The monoisotopic (exact) mass is 435 g/mol. The molecule has 1 amide bonds. The van der Waals surface area contributed by atoms with E-state index in [0.29, 0.717) is 0 Å². The molecule has 0 radical (unpaired) electrons. The van der Waals surface area contributed by atoms with E-state index in [0.717, 1.165) is 6.92 Å². The van der Waals surface area contributed by atoms with E-state index in [9.17, 15) is 53.9 Å². The minimum atomic E-state index is -5.56. The number of carbonyl (C=O) groups is 3. The van der Waals surface area contributed by atoms with Crippen LogP contribution in [0.4, 0.5) is 39.5 Å². The molecule has 16 heteroatoms. The Morgan fingerprint density at radius 1 is 0.857 bits per heavy atom. The third-order valence-electron chi connectivity index (χ3n) is 3.19. The van der Waals surface area contributed by atoms with Crippen LogP contribution in [0, 0.1) is 0 Å². The van der Waals surface area contributed by atoms with E-state index < -0.39 is 67.3 Å². The molecule has 0 aromatic carbocycles. The summed E-state index contributed by atoms with van der Waals surface area (Å²) in [5, 5.41) is 1.18. The Kier molecular flexibility index (Phi) is 6.80. The van der Waals surface area contributed by atoms with E-state index in [4.69, 9.17) is 0 Å². The average Bonchev–Trinajstić information content (AvgIpc) is 2.47. The fourth-order valence-electron chi connectivity index (χ4n) is 2.06. The highest BCUT2D eigenvalue weighted by atomic mass is 19.4. The van der Waals surface area contributed by atoms with Gasteiger partial charge >= 0.3 is 36.4 Å². The van der Waals surface area contributed by atoms with Crippen molar-refractivity contribution >= 4 is 17.8 Å². The second-order valence-electron chi connectivity index (χ2n) is 5.35. The molecular formula is C12H10F9NO6. The molecule has 7 nitrogen and oxygen atoms in total. The molecule has 28 heavy (non-hydrogen) atoms. The molecule has 1 heterocycles. The van der Waals surface area contributed by atoms with Crippen LogP contribution in [0.15, 0.2) is 0 Å². The number of nitrogens with one attached hydrogen (secondary N) is 1. The maximum Gasteiger partial charge on any atom is 0.491 e. The number of esters is 2. The van der Waals surface area contributed by atoms with Crippen LogP contribution in [0.3, 0.4) is 0 Å². The van der Waals surface area contributed by atoms with Crippen LogP contribution in [-0.4, -0.2) is 60.9 Å². The zero-order chi connectivity index (χ0) is 22.1. The SMILES string of the molecule is CC1OC(OC(=O)C(F)(F)F)CC(NC(=O)C(F)(F)F)C1OC(=O)C(F)(F)F. The van der Waals surface area contributed by atoms with E-state index in [-0.39, 0.29) is 0 Å². The minimum Gasteiger partial charge on any atom is -0.451 e. The Hall–Kier alpha value is -2.26. The highest BCUT2D eigenvalue weighted by molar-refractivity contribution is 5.82. The van der Waals surface area contributed by atoms with Gasteiger partial charge in [-0.25, -0.2) is 9.59 Å². The van der Waals surface area contributed by atoms with Crippen molar-refractivity contribution in [1.29, 1.82) is 0 Å². The zero-order valence-corrected chi connectivity index (χ0v) is 13.4. The van der Waals surface area contributed by atoms with Gasteiger partial charge in [-0.05, 0) is 6.92 Å². The van der Waals surface area contributed by atoms with Gasteiger partial charge in [0.15, 0.2) is 0 Å². The van der Waals surface area contributed by atoms with Gasteiger partial charge in [-0.15, -0.1) is 0 Å². The molecule has 0 aromatic heterocycles. The molecule has 1 fully saturated rings. The second-order valence-corrected chi connectivity index (χ2v) is 5.35. The number of hydrogen-bond donors (Lipinski definition) is 1. The average molecular weight is 435 g/mol. The molecule has 1 saturated heterocycles. The fraction of sp³-hybridized carbons (Fsp3) is 0.750. The summed E-state index contributed by atoms with van der Waals surface area (Å²) in [6, 6.07) is -2.12. The van der Waals surface area contributed by atoms with Crippen molar-refractivity contribution in [3.8, 4) is 0 Å². The molecule has 162 valence electrons. The van der Waals surface area contributed by atoms with E-state index in [1.54, 1.807) is 0 Å². The van der Waals surface area contributed by atoms with Crippen molar-refractivity contribution in [2.75, 3.05) is 0 Å². The number of ether oxygens (including phenoxy) is 3. The number of hydrogen-bond acceptors (Lipinski definition) is 6. The predicted molar refractivity (Wildman–Crippen MR) is 65.0 cm³/mol. The molecule has 0 aliphatic carbocycles. The molecule has 0 bridgehead atoms. The lowest BCUT2D eigenvalue weighted by Gasteiger charge is -2.39. The number of halogens is 9. The number of rotatable bonds is 3. The smallest absolute Gasteiger partial charge is 0.451 e. The van der Waals surface area contributed by atoms with Crippen LogP contribution in [0.25, 0.3) is 0 Å². The van der Waals surface area contributed by atoms with Gasteiger partial charge in [0.05, 0.1) is 12.1 Å². The van der Waals surface area contributed by atoms with Gasteiger partial charge in [-0.2, -0.15) is 39.5 Å². The molecule has 4 unspecified atom stereocenters. The van der Waals surface area contributed by atoms with Gasteiger partial charge in [-0.1, -0.05) is 0 Å². The Labute approximate surface area is 149 Å². The lowest BCUT2D eigenvalue weighted by molar-refractivity contribution is -0.260. The first-order chi connectivity index (χ1) is 12.4. The molecule has 1 aliphatic heterocycles. The molecular weight excluding hydrogens is 425 g/mol. The summed E-state index contributed by atoms with van der Waals surface area (Å²) in [6.45, 7) is 0.814. The summed E-state index contributed by atoms with van der Waals surface area (Å²) in [7, 11) is 0. The molecule has 1 rings (SSSR count). The van der Waals surface area contributed by atoms with E-state index in [1.807, 2.05) is 0 Å². The summed E-state index contributed by atoms with van der Waals surface area (Å²) in [5.74, 6) is -8.32. The quantitative estimate of drug-likeness (QED) is 0.537. The fourth-order valence-corrected chi connectivity index (χ4v) is 2.06. The lowest BCUT2D eigenvalue weighted by Crippen LogP contribution is -2.59. The van der Waals surface area contributed by atoms with Crippen molar-refractivity contribution in [3.05, 3.63) is 0 Å². The maximum atomic E-state index is 12.4. The van der Waals surface area contributed by atoms with Gasteiger partial charge in [0.1, 0.15) is 6.10 Å². The van der Waals surface area contributed by atoms with Crippen molar-refractivity contribution in [2.24, 2.45) is 0 Å². The summed E-state index contributed by atoms with van der Waals surface area (Å²) in [6.07, 6.45) is -23.9. The first-order valence-corrected chi connectivity index (χ1v) is 7.01. The van der Waals surface area contributed by atoms with Gasteiger partial charge in [0.2, 0.25) is 6.29 Å². The van der Waals surface area contributed by atoms with Gasteiger partial charge < -0.3 is 19.5 Å². The van der Waals surface area contributed by atoms with E-state index in [1.165, 1.54) is 5.32 Å². The summed E-state index contributed by atoms with van der Waals surface area (Å²) in [5.41, 5.74) is 0. The highest BCUT2D eigenvalue weighted by Gasteiger charge is 2.51. The number of carbonyl (C=O) groups excluding carboxylic acids is 3.